The van der Waals surface area contributed by atoms with Crippen LogP contribution in [0.25, 0.3) is 22.1 Å². The maximum absolute atomic E-state index is 7.83. The SMILES string of the molecule is Cc1cc2c3c(c1)N(c1ccc(C(C)(C)C)cc1-c1ccc([Si](C)(C)C)cc1)c1c(oc4cc5c(cc14)C(C)(C)CCC5(C)C)B3c1cc3c(cc1N2c1ccc2c(c1)C(C)(C)CCC2(C)C)C(C)(C)CCC3(C)C. The van der Waals surface area contributed by atoms with E-state index in [1.54, 1.807) is 0 Å². The Morgan fingerprint density at radius 3 is 1.56 bits per heavy atom. The Morgan fingerprint density at radius 2 is 1.00 bits per heavy atom. The number of nitrogens with zero attached hydrogens (tertiary/aromatic N) is 2. The normalized spacial score (nSPS) is 20.2. The van der Waals surface area contributed by atoms with E-state index in [4.69, 9.17) is 4.42 Å². The van der Waals surface area contributed by atoms with Gasteiger partial charge in [-0.3, -0.25) is 0 Å². The topological polar surface area (TPSA) is 19.6 Å². The summed E-state index contributed by atoms with van der Waals surface area (Å²) in [4.78, 5) is 5.38. The zero-order chi connectivity index (χ0) is 53.7. The van der Waals surface area contributed by atoms with Gasteiger partial charge >= 0.3 is 0 Å². The van der Waals surface area contributed by atoms with Crippen molar-refractivity contribution in [2.24, 2.45) is 0 Å². The predicted molar refractivity (Wildman–Crippen MR) is 328 cm³/mol. The lowest BCUT2D eigenvalue weighted by atomic mass is 9.35. The summed E-state index contributed by atoms with van der Waals surface area (Å²) in [5, 5.41) is 2.69. The van der Waals surface area contributed by atoms with Crippen LogP contribution in [0.1, 0.15) is 187 Å². The second kappa shape index (κ2) is 15.9. The van der Waals surface area contributed by atoms with Gasteiger partial charge in [0, 0.05) is 33.7 Å². The van der Waals surface area contributed by atoms with E-state index in [-0.39, 0.29) is 44.6 Å². The van der Waals surface area contributed by atoms with Crippen molar-refractivity contribution in [1.82, 2.24) is 0 Å². The summed E-state index contributed by atoms with van der Waals surface area (Å²) in [7, 11) is -1.55. The van der Waals surface area contributed by atoms with E-state index in [2.05, 4.69) is 237 Å². The van der Waals surface area contributed by atoms with Crippen LogP contribution in [-0.2, 0) is 37.9 Å². The molecule has 388 valence electrons. The number of aryl methyl sites for hydroxylation is 1. The molecule has 75 heavy (non-hydrogen) atoms. The maximum atomic E-state index is 7.83. The Bertz CT molecular complexity index is 3550. The zero-order valence-electron chi connectivity index (χ0n) is 49.4. The third kappa shape index (κ3) is 7.68. The Morgan fingerprint density at radius 1 is 0.493 bits per heavy atom. The van der Waals surface area contributed by atoms with Gasteiger partial charge in [-0.15, -0.1) is 0 Å². The molecule has 5 aliphatic rings. The van der Waals surface area contributed by atoms with E-state index in [1.807, 2.05) is 0 Å². The fourth-order valence-electron chi connectivity index (χ4n) is 14.6. The molecule has 3 aliphatic carbocycles. The van der Waals surface area contributed by atoms with Gasteiger partial charge in [0.1, 0.15) is 5.58 Å². The molecule has 5 heteroatoms. The number of hydrogen-bond donors (Lipinski definition) is 0. The molecule has 0 atom stereocenters. The number of anilines is 6. The fraction of sp³-hybridized carbons (Fsp3) is 0.457. The van der Waals surface area contributed by atoms with Crippen molar-refractivity contribution >= 4 is 81.7 Å². The molecule has 0 radical (unpaired) electrons. The molecule has 0 bridgehead atoms. The van der Waals surface area contributed by atoms with Crippen LogP contribution in [0.5, 0.6) is 0 Å². The molecule has 2 aliphatic heterocycles. The Balaban J connectivity index is 1.23. The lowest BCUT2D eigenvalue weighted by Crippen LogP contribution is -2.61. The standard InChI is InChI=1S/C70H85BN2OSi/c1-42-34-58-61-59(35-42)73(56-27-22-44(64(2,3)4)36-47(56)43-20-24-46(25-21-43)75(17,18)19)62-48-38-51-54(70(15,16)33-30-67(51,9)10)41-60(48)74-63(62)71(61)55-39-52-53(69(13,14)32-31-68(52,11)12)40-57(55)72(58)45-23-26-49-50(37-45)66(7,8)29-28-65(49,5)6/h20-27,34-41H,28-33H2,1-19H3. The van der Waals surface area contributed by atoms with Crippen molar-refractivity contribution in [3.63, 3.8) is 0 Å². The number of benzene rings is 6. The number of fused-ring (bicyclic) bond motifs is 9. The smallest absolute Gasteiger partial charge is 0.297 e. The highest BCUT2D eigenvalue weighted by atomic mass is 28.3. The molecular weight excluding hydrogens is 924 g/mol. The van der Waals surface area contributed by atoms with Crippen LogP contribution in [-0.4, -0.2) is 14.8 Å². The quantitative estimate of drug-likeness (QED) is 0.164. The van der Waals surface area contributed by atoms with E-state index in [0.717, 1.165) is 36.9 Å². The molecule has 0 fully saturated rings. The van der Waals surface area contributed by atoms with Crippen molar-refractivity contribution in [3.05, 3.63) is 142 Å². The minimum absolute atomic E-state index is 0.0187. The maximum Gasteiger partial charge on any atom is 0.297 e. The zero-order valence-corrected chi connectivity index (χ0v) is 50.4. The molecule has 6 aromatic carbocycles. The summed E-state index contributed by atoms with van der Waals surface area (Å²) in [5.41, 5.74) is 26.3. The average molecular weight is 1010 g/mol. The van der Waals surface area contributed by atoms with Gasteiger partial charge in [-0.05, 0) is 199 Å². The van der Waals surface area contributed by atoms with Crippen LogP contribution in [0.15, 0.2) is 101 Å². The van der Waals surface area contributed by atoms with Crippen LogP contribution in [0.2, 0.25) is 19.6 Å². The first-order chi connectivity index (χ1) is 34.8. The van der Waals surface area contributed by atoms with Crippen LogP contribution in [0.3, 0.4) is 0 Å². The molecule has 0 N–H and O–H groups in total. The van der Waals surface area contributed by atoms with E-state index in [0.29, 0.717) is 0 Å². The highest BCUT2D eigenvalue weighted by Gasteiger charge is 2.50. The minimum Gasteiger partial charge on any atom is -0.468 e. The monoisotopic (exact) mass is 1010 g/mol. The molecule has 0 spiro atoms. The van der Waals surface area contributed by atoms with Crippen LogP contribution in [0, 0.1) is 6.92 Å². The van der Waals surface area contributed by atoms with Crippen molar-refractivity contribution in [2.75, 3.05) is 9.80 Å². The average Bonchev–Trinajstić information content (AvgIpc) is 3.77. The lowest BCUT2D eigenvalue weighted by Gasteiger charge is -2.47. The summed E-state index contributed by atoms with van der Waals surface area (Å²) < 4.78 is 7.83. The van der Waals surface area contributed by atoms with Crippen molar-refractivity contribution < 1.29 is 4.42 Å². The molecular formula is C70H85BN2OSi. The molecule has 1 aromatic heterocycles. The molecule has 3 nitrogen and oxygen atoms in total. The largest absolute Gasteiger partial charge is 0.468 e. The first-order valence-corrected chi connectivity index (χ1v) is 32.2. The first kappa shape index (κ1) is 50.6. The number of hydrogen-bond acceptors (Lipinski definition) is 3. The fourth-order valence-corrected chi connectivity index (χ4v) is 15.7. The molecule has 7 aromatic rings. The van der Waals surface area contributed by atoms with Gasteiger partial charge in [0.15, 0.2) is 0 Å². The highest BCUT2D eigenvalue weighted by molar-refractivity contribution is 7.00. The van der Waals surface area contributed by atoms with Gasteiger partial charge in [-0.2, -0.15) is 0 Å². The van der Waals surface area contributed by atoms with Gasteiger partial charge in [0.2, 0.25) is 0 Å². The highest BCUT2D eigenvalue weighted by Crippen LogP contribution is 2.56. The number of furan rings is 1. The van der Waals surface area contributed by atoms with Gasteiger partial charge < -0.3 is 14.2 Å². The summed E-state index contributed by atoms with van der Waals surface area (Å²) in [6.45, 7) is 46.3. The summed E-state index contributed by atoms with van der Waals surface area (Å²) >= 11 is 0. The molecule has 12 rings (SSSR count). The third-order valence-electron chi connectivity index (χ3n) is 20.0. The van der Waals surface area contributed by atoms with Gasteiger partial charge in [0.05, 0.1) is 25.1 Å². The van der Waals surface area contributed by atoms with Crippen LogP contribution >= 0.6 is 0 Å². The van der Waals surface area contributed by atoms with E-state index >= 15 is 0 Å². The lowest BCUT2D eigenvalue weighted by molar-refractivity contribution is 0.332. The van der Waals surface area contributed by atoms with E-state index in [1.165, 1.54) is 124 Å². The minimum atomic E-state index is -1.55. The van der Waals surface area contributed by atoms with Gasteiger partial charge in [0.25, 0.3) is 6.71 Å². The van der Waals surface area contributed by atoms with E-state index < -0.39 is 8.07 Å². The van der Waals surface area contributed by atoms with Gasteiger partial charge in [-0.1, -0.05) is 171 Å². The summed E-state index contributed by atoms with van der Waals surface area (Å²) in [6.07, 6.45) is 6.99. The van der Waals surface area contributed by atoms with Crippen LogP contribution < -0.4 is 31.6 Å². The summed E-state index contributed by atoms with van der Waals surface area (Å²) in [6, 6.07) is 40.0. The Hall–Kier alpha value is -5.26. The van der Waals surface area contributed by atoms with Gasteiger partial charge in [-0.25, -0.2) is 0 Å². The van der Waals surface area contributed by atoms with Crippen molar-refractivity contribution in [2.45, 2.75) is 207 Å². The van der Waals surface area contributed by atoms with Crippen molar-refractivity contribution in [1.29, 1.82) is 0 Å². The second-order valence-corrected chi connectivity index (χ2v) is 35.4. The Kier molecular flexibility index (Phi) is 10.7. The molecule has 0 saturated carbocycles. The molecule has 0 unspecified atom stereocenters. The third-order valence-corrected chi connectivity index (χ3v) is 22.1. The molecule has 3 heterocycles. The van der Waals surface area contributed by atoms with Crippen molar-refractivity contribution in [3.8, 4) is 11.1 Å². The summed E-state index contributed by atoms with van der Waals surface area (Å²) in [5.74, 6) is 0. The van der Waals surface area contributed by atoms with Crippen LogP contribution in [0.4, 0.5) is 34.1 Å². The molecule has 0 saturated heterocycles. The Labute approximate surface area is 453 Å². The molecule has 0 amide bonds. The first-order valence-electron chi connectivity index (χ1n) is 28.7. The van der Waals surface area contributed by atoms with E-state index in [9.17, 15) is 0 Å². The number of rotatable bonds is 4. The second-order valence-electron chi connectivity index (χ2n) is 30.3. The predicted octanol–water partition coefficient (Wildman–Crippen LogP) is 17.4.